The molecule has 0 N–H and O–H groups in total. The fourth-order valence-corrected chi connectivity index (χ4v) is 3.16. The lowest BCUT2D eigenvalue weighted by atomic mass is 9.99. The Morgan fingerprint density at radius 3 is 2.42 bits per heavy atom. The number of rotatable bonds is 6. The van der Waals surface area contributed by atoms with Crippen LogP contribution < -0.4 is 0 Å². The Bertz CT molecular complexity index is 521. The maximum atomic E-state index is 12.7. The number of esters is 1. The normalized spacial score (nSPS) is 23.9. The first-order valence-electron chi connectivity index (χ1n) is 9.39. The van der Waals surface area contributed by atoms with Crippen LogP contribution in [0.15, 0.2) is 12.2 Å². The molecule has 0 bridgehead atoms. The molecule has 1 aliphatic heterocycles. The summed E-state index contributed by atoms with van der Waals surface area (Å²) in [5.41, 5.74) is -1.39. The second-order valence-corrected chi connectivity index (χ2v) is 8.27. The van der Waals surface area contributed by atoms with E-state index in [-0.39, 0.29) is 24.0 Å². The van der Waals surface area contributed by atoms with E-state index in [9.17, 15) is 9.59 Å². The molecule has 1 amide bonds. The van der Waals surface area contributed by atoms with E-state index in [1.165, 1.54) is 7.11 Å². The second kappa shape index (κ2) is 8.89. The van der Waals surface area contributed by atoms with Crippen molar-refractivity contribution in [3.63, 3.8) is 0 Å². The molecular weight excluding hydrogens is 334 g/mol. The molecule has 1 heterocycles. The summed E-state index contributed by atoms with van der Waals surface area (Å²) >= 11 is 0. The summed E-state index contributed by atoms with van der Waals surface area (Å²) in [5, 5.41) is 0. The van der Waals surface area contributed by atoms with Crippen LogP contribution in [0.4, 0.5) is 4.79 Å². The molecule has 150 valence electrons. The summed E-state index contributed by atoms with van der Waals surface area (Å²) in [6.45, 7) is 13.2. The summed E-state index contributed by atoms with van der Waals surface area (Å²) in [4.78, 5) is 26.4. The predicted octanol–water partition coefficient (Wildman–Crippen LogP) is 4.28. The fourth-order valence-electron chi connectivity index (χ4n) is 3.16. The SMILES string of the molecule is CCCC[C@H](/C=C/[C@@H]1[C@@H](C)OC(C)(C)N1C(=O)OC(C)(C)C)C(=O)OC. The molecule has 1 aliphatic rings. The number of amides is 1. The summed E-state index contributed by atoms with van der Waals surface area (Å²) in [6.07, 6.45) is 5.73. The molecule has 26 heavy (non-hydrogen) atoms. The Kier molecular flexibility index (Phi) is 7.69. The molecule has 0 aromatic carbocycles. The second-order valence-electron chi connectivity index (χ2n) is 8.27. The zero-order valence-corrected chi connectivity index (χ0v) is 17.5. The molecule has 1 saturated heterocycles. The minimum Gasteiger partial charge on any atom is -0.469 e. The van der Waals surface area contributed by atoms with E-state index in [4.69, 9.17) is 14.2 Å². The Balaban J connectivity index is 3.04. The molecule has 0 aromatic rings. The number of unbranched alkanes of at least 4 members (excludes halogenated alkanes) is 1. The number of ether oxygens (including phenoxy) is 3. The molecular formula is C20H35NO5. The fraction of sp³-hybridized carbons (Fsp3) is 0.800. The van der Waals surface area contributed by atoms with E-state index in [1.807, 2.05) is 53.7 Å². The molecule has 1 fully saturated rings. The third-order valence-electron chi connectivity index (χ3n) is 4.34. The summed E-state index contributed by atoms with van der Waals surface area (Å²) in [6, 6.07) is -0.311. The number of hydrogen-bond acceptors (Lipinski definition) is 5. The Labute approximate surface area is 157 Å². The van der Waals surface area contributed by atoms with Crippen molar-refractivity contribution < 1.29 is 23.8 Å². The van der Waals surface area contributed by atoms with E-state index in [0.29, 0.717) is 0 Å². The van der Waals surface area contributed by atoms with E-state index >= 15 is 0 Å². The van der Waals surface area contributed by atoms with Gasteiger partial charge in [0.1, 0.15) is 11.3 Å². The largest absolute Gasteiger partial charge is 0.469 e. The van der Waals surface area contributed by atoms with Crippen LogP contribution in [0.2, 0.25) is 0 Å². The van der Waals surface area contributed by atoms with Crippen molar-refractivity contribution in [1.29, 1.82) is 0 Å². The quantitative estimate of drug-likeness (QED) is 0.516. The van der Waals surface area contributed by atoms with Crippen LogP contribution in [0.3, 0.4) is 0 Å². The van der Waals surface area contributed by atoms with Gasteiger partial charge in [-0.05, 0) is 48.0 Å². The lowest BCUT2D eigenvalue weighted by Gasteiger charge is -2.34. The molecule has 0 aromatic heterocycles. The number of hydrogen-bond donors (Lipinski definition) is 0. The minimum atomic E-state index is -0.791. The summed E-state index contributed by atoms with van der Waals surface area (Å²) in [5.74, 6) is -0.583. The smallest absolute Gasteiger partial charge is 0.413 e. The topological polar surface area (TPSA) is 65.1 Å². The van der Waals surface area contributed by atoms with Crippen LogP contribution in [0.1, 0.15) is 67.7 Å². The van der Waals surface area contributed by atoms with Gasteiger partial charge in [-0.15, -0.1) is 0 Å². The van der Waals surface area contributed by atoms with E-state index in [0.717, 1.165) is 19.3 Å². The van der Waals surface area contributed by atoms with Crippen LogP contribution in [0.5, 0.6) is 0 Å². The van der Waals surface area contributed by atoms with Crippen molar-refractivity contribution in [2.75, 3.05) is 7.11 Å². The van der Waals surface area contributed by atoms with E-state index in [1.54, 1.807) is 4.90 Å². The average molecular weight is 370 g/mol. The monoisotopic (exact) mass is 369 g/mol. The predicted molar refractivity (Wildman–Crippen MR) is 101 cm³/mol. The van der Waals surface area contributed by atoms with Crippen LogP contribution >= 0.6 is 0 Å². The first kappa shape index (κ1) is 22.5. The standard InChI is InChI=1S/C20H35NO5/c1-9-10-11-15(17(22)24-8)12-13-16-14(2)25-20(6,7)21(16)18(23)26-19(3,4)5/h12-16H,9-11H2,1-8H3/b13-12+/t14-,15-,16-/m1/s1. The highest BCUT2D eigenvalue weighted by Gasteiger charge is 2.48. The van der Waals surface area contributed by atoms with Crippen molar-refractivity contribution in [2.24, 2.45) is 5.92 Å². The lowest BCUT2D eigenvalue weighted by Crippen LogP contribution is -2.49. The van der Waals surface area contributed by atoms with E-state index in [2.05, 4.69) is 6.92 Å². The van der Waals surface area contributed by atoms with E-state index < -0.39 is 17.4 Å². The number of carbonyl (C=O) groups is 2. The van der Waals surface area contributed by atoms with Gasteiger partial charge >= 0.3 is 12.1 Å². The molecule has 1 rings (SSSR count). The highest BCUT2D eigenvalue weighted by molar-refractivity contribution is 5.74. The Morgan fingerprint density at radius 1 is 1.31 bits per heavy atom. The van der Waals surface area contributed by atoms with Crippen LogP contribution in [0.25, 0.3) is 0 Å². The number of methoxy groups -OCH3 is 1. The maximum absolute atomic E-state index is 12.7. The zero-order valence-electron chi connectivity index (χ0n) is 17.5. The molecule has 6 nitrogen and oxygen atoms in total. The first-order chi connectivity index (χ1) is 11.9. The third-order valence-corrected chi connectivity index (χ3v) is 4.34. The van der Waals surface area contributed by atoms with Gasteiger partial charge < -0.3 is 14.2 Å². The molecule has 0 radical (unpaired) electrons. The first-order valence-corrected chi connectivity index (χ1v) is 9.39. The van der Waals surface area contributed by atoms with Gasteiger partial charge in [-0.1, -0.05) is 31.9 Å². The van der Waals surface area contributed by atoms with Gasteiger partial charge in [0.25, 0.3) is 0 Å². The van der Waals surface area contributed by atoms with Crippen molar-refractivity contribution in [3.8, 4) is 0 Å². The highest BCUT2D eigenvalue weighted by Crippen LogP contribution is 2.34. The van der Waals surface area contributed by atoms with Gasteiger partial charge in [-0.3, -0.25) is 9.69 Å². The Morgan fingerprint density at radius 2 is 1.92 bits per heavy atom. The molecule has 0 spiro atoms. The van der Waals surface area contributed by atoms with Crippen LogP contribution in [-0.2, 0) is 19.0 Å². The number of carbonyl (C=O) groups excluding carboxylic acids is 2. The van der Waals surface area contributed by atoms with Crippen molar-refractivity contribution in [2.45, 2.75) is 91.2 Å². The van der Waals surface area contributed by atoms with Gasteiger partial charge in [0.2, 0.25) is 0 Å². The molecule has 0 unspecified atom stereocenters. The molecule has 0 aliphatic carbocycles. The average Bonchev–Trinajstić information content (AvgIpc) is 2.73. The van der Waals surface area contributed by atoms with Crippen molar-refractivity contribution >= 4 is 12.1 Å². The van der Waals surface area contributed by atoms with Gasteiger partial charge in [0.15, 0.2) is 0 Å². The minimum absolute atomic E-state index is 0.210. The van der Waals surface area contributed by atoms with Gasteiger partial charge in [0, 0.05) is 0 Å². The molecule has 6 heteroatoms. The summed E-state index contributed by atoms with van der Waals surface area (Å²) in [7, 11) is 1.40. The third kappa shape index (κ3) is 6.01. The number of nitrogens with zero attached hydrogens (tertiary/aromatic N) is 1. The van der Waals surface area contributed by atoms with Gasteiger partial charge in [-0.25, -0.2) is 4.79 Å². The van der Waals surface area contributed by atoms with Crippen LogP contribution in [-0.4, -0.2) is 47.5 Å². The van der Waals surface area contributed by atoms with Gasteiger partial charge in [0.05, 0.1) is 25.2 Å². The van der Waals surface area contributed by atoms with Crippen molar-refractivity contribution in [3.05, 3.63) is 12.2 Å². The highest BCUT2D eigenvalue weighted by atomic mass is 16.6. The Hall–Kier alpha value is -1.56. The molecule has 0 saturated carbocycles. The van der Waals surface area contributed by atoms with Crippen molar-refractivity contribution in [1.82, 2.24) is 4.90 Å². The zero-order chi connectivity index (χ0) is 20.1. The maximum Gasteiger partial charge on any atom is 0.413 e. The molecule has 3 atom stereocenters. The lowest BCUT2D eigenvalue weighted by molar-refractivity contribution is -0.143. The van der Waals surface area contributed by atoms with Gasteiger partial charge in [-0.2, -0.15) is 0 Å². The summed E-state index contributed by atoms with van der Waals surface area (Å²) < 4.78 is 16.4. The van der Waals surface area contributed by atoms with Crippen LogP contribution in [0, 0.1) is 5.92 Å².